The molecular weight excluding hydrogens is 286 g/mol. The van der Waals surface area contributed by atoms with Crippen LogP contribution < -0.4 is 0 Å². The van der Waals surface area contributed by atoms with Gasteiger partial charge in [-0.25, -0.2) is 0 Å². The molecule has 7 nitrogen and oxygen atoms in total. The largest absolute Gasteiger partial charge is 0.469 e. The van der Waals surface area contributed by atoms with Crippen molar-refractivity contribution >= 4 is 11.9 Å². The average Bonchev–Trinajstić information content (AvgIpc) is 3.05. The maximum Gasteiger partial charge on any atom is 0.312 e. The molecule has 1 aliphatic heterocycles. The van der Waals surface area contributed by atoms with Crippen molar-refractivity contribution < 1.29 is 19.1 Å². The van der Waals surface area contributed by atoms with Gasteiger partial charge in [0.1, 0.15) is 22.9 Å². The summed E-state index contributed by atoms with van der Waals surface area (Å²) >= 11 is 0. The minimum atomic E-state index is -0.869. The lowest BCUT2D eigenvalue weighted by Crippen LogP contribution is -2.25. The Morgan fingerprint density at radius 3 is 2.27 bits per heavy atom. The Morgan fingerprint density at radius 2 is 1.77 bits per heavy atom. The van der Waals surface area contributed by atoms with E-state index in [2.05, 4.69) is 15.2 Å². The number of ether oxygens (including phenoxy) is 2. The van der Waals surface area contributed by atoms with Gasteiger partial charge in [-0.2, -0.15) is 10.2 Å². The van der Waals surface area contributed by atoms with Gasteiger partial charge in [0, 0.05) is 12.6 Å². The van der Waals surface area contributed by atoms with Gasteiger partial charge in [0.05, 0.1) is 19.9 Å². The fourth-order valence-corrected chi connectivity index (χ4v) is 3.35. The molecule has 1 aromatic rings. The maximum atomic E-state index is 12.0. The Hall–Kier alpha value is -2.31. The van der Waals surface area contributed by atoms with Gasteiger partial charge < -0.3 is 9.47 Å². The summed E-state index contributed by atoms with van der Waals surface area (Å²) in [6, 6.07) is 5.55. The summed E-state index contributed by atoms with van der Waals surface area (Å²) < 4.78 is 9.59. The Bertz CT molecular complexity index is 623. The minimum Gasteiger partial charge on any atom is -0.469 e. The van der Waals surface area contributed by atoms with E-state index in [1.54, 1.807) is 6.20 Å². The van der Waals surface area contributed by atoms with Crippen LogP contribution in [0.15, 0.2) is 34.6 Å². The lowest BCUT2D eigenvalue weighted by atomic mass is 9.89. The van der Waals surface area contributed by atoms with Gasteiger partial charge in [0.15, 0.2) is 0 Å². The summed E-state index contributed by atoms with van der Waals surface area (Å²) in [4.78, 5) is 28.3. The number of carbonyl (C=O) groups excluding carboxylic acids is 2. The number of esters is 2. The normalized spacial score (nSPS) is 35.4. The van der Waals surface area contributed by atoms with Gasteiger partial charge in [-0.3, -0.25) is 14.6 Å². The Morgan fingerprint density at radius 1 is 1.14 bits per heavy atom. The van der Waals surface area contributed by atoms with E-state index in [9.17, 15) is 9.59 Å². The number of carbonyl (C=O) groups is 2. The highest BCUT2D eigenvalue weighted by atomic mass is 16.5. The molecule has 0 bridgehead atoms. The summed E-state index contributed by atoms with van der Waals surface area (Å²) in [6.07, 6.45) is 2.11. The number of azo groups is 1. The second kappa shape index (κ2) is 4.86. The molecule has 2 aliphatic rings. The lowest BCUT2D eigenvalue weighted by molar-refractivity contribution is -0.148. The first kappa shape index (κ1) is 14.6. The molecule has 1 aliphatic carbocycles. The van der Waals surface area contributed by atoms with Gasteiger partial charge in [-0.05, 0) is 19.1 Å². The third-order valence-electron chi connectivity index (χ3n) is 4.51. The van der Waals surface area contributed by atoms with E-state index in [1.807, 2.05) is 25.1 Å². The van der Waals surface area contributed by atoms with Crippen LogP contribution in [0.3, 0.4) is 0 Å². The Kier molecular flexibility index (Phi) is 3.23. The van der Waals surface area contributed by atoms with Crippen molar-refractivity contribution in [3.8, 4) is 0 Å². The van der Waals surface area contributed by atoms with Crippen molar-refractivity contribution in [2.45, 2.75) is 24.4 Å². The molecule has 2 heterocycles. The quantitative estimate of drug-likeness (QED) is 0.789. The van der Waals surface area contributed by atoms with Crippen molar-refractivity contribution in [1.82, 2.24) is 4.98 Å². The van der Waals surface area contributed by atoms with Crippen molar-refractivity contribution in [3.63, 3.8) is 0 Å². The van der Waals surface area contributed by atoms with Crippen molar-refractivity contribution in [2.75, 3.05) is 14.2 Å². The van der Waals surface area contributed by atoms with E-state index in [1.165, 1.54) is 14.2 Å². The molecule has 0 aromatic carbocycles. The summed E-state index contributed by atoms with van der Waals surface area (Å²) in [6.45, 7) is 1.90. The molecule has 0 amide bonds. The standard InChI is InChI=1S/C15H17N3O4/c1-14(9-6-4-5-7-16-9)8-15(18-17-14)10(12(19)21-2)11(15)13(20)22-3/h4-7,10-11H,8H2,1-3H3/t10-,11-,14?/m0/s1. The number of pyridine rings is 1. The van der Waals surface area contributed by atoms with Crippen LogP contribution in [0.5, 0.6) is 0 Å². The summed E-state index contributed by atoms with van der Waals surface area (Å²) in [5, 5.41) is 8.63. The van der Waals surface area contributed by atoms with Crippen molar-refractivity contribution in [2.24, 2.45) is 22.1 Å². The monoisotopic (exact) mass is 303 g/mol. The van der Waals surface area contributed by atoms with Crippen LogP contribution >= 0.6 is 0 Å². The van der Waals surface area contributed by atoms with E-state index >= 15 is 0 Å². The Balaban J connectivity index is 1.91. The van der Waals surface area contributed by atoms with Gasteiger partial charge >= 0.3 is 11.9 Å². The van der Waals surface area contributed by atoms with E-state index < -0.39 is 34.9 Å². The highest BCUT2D eigenvalue weighted by Gasteiger charge is 2.77. The van der Waals surface area contributed by atoms with Crippen LogP contribution in [0, 0.1) is 11.8 Å². The first-order chi connectivity index (χ1) is 10.5. The first-order valence-corrected chi connectivity index (χ1v) is 7.00. The summed E-state index contributed by atoms with van der Waals surface area (Å²) in [5.74, 6) is -2.20. The van der Waals surface area contributed by atoms with Gasteiger partial charge in [0.25, 0.3) is 0 Å². The second-order valence-electron chi connectivity index (χ2n) is 5.86. The fourth-order valence-electron chi connectivity index (χ4n) is 3.35. The minimum absolute atomic E-state index is 0.427. The number of nitrogens with zero attached hydrogens (tertiary/aromatic N) is 3. The molecule has 3 rings (SSSR count). The summed E-state index contributed by atoms with van der Waals surface area (Å²) in [7, 11) is 2.60. The number of methoxy groups -OCH3 is 2. The smallest absolute Gasteiger partial charge is 0.312 e. The molecule has 1 unspecified atom stereocenters. The van der Waals surface area contributed by atoms with Crippen molar-refractivity contribution in [3.05, 3.63) is 30.1 Å². The summed E-state index contributed by atoms with van der Waals surface area (Å²) in [5.41, 5.74) is -0.766. The van der Waals surface area contributed by atoms with Crippen molar-refractivity contribution in [1.29, 1.82) is 0 Å². The molecule has 1 fully saturated rings. The van der Waals surface area contributed by atoms with E-state index in [4.69, 9.17) is 9.47 Å². The number of rotatable bonds is 3. The molecule has 116 valence electrons. The molecule has 22 heavy (non-hydrogen) atoms. The van der Waals surface area contributed by atoms with E-state index in [0.29, 0.717) is 6.42 Å². The highest BCUT2D eigenvalue weighted by molar-refractivity contribution is 5.91. The van der Waals surface area contributed by atoms with Crippen LogP contribution in [0.1, 0.15) is 19.0 Å². The number of hydrogen-bond donors (Lipinski definition) is 0. The van der Waals surface area contributed by atoms with Crippen LogP contribution in [0.25, 0.3) is 0 Å². The zero-order valence-electron chi connectivity index (χ0n) is 12.6. The third-order valence-corrected chi connectivity index (χ3v) is 4.51. The van der Waals surface area contributed by atoms with Crippen LogP contribution in [0.4, 0.5) is 0 Å². The zero-order valence-corrected chi connectivity index (χ0v) is 12.6. The second-order valence-corrected chi connectivity index (χ2v) is 5.86. The van der Waals surface area contributed by atoms with E-state index in [0.717, 1.165) is 5.69 Å². The van der Waals surface area contributed by atoms with Gasteiger partial charge in [0.2, 0.25) is 0 Å². The van der Waals surface area contributed by atoms with Crippen LogP contribution in [-0.2, 0) is 24.6 Å². The Labute approximate surface area is 127 Å². The number of aromatic nitrogens is 1. The SMILES string of the molecule is COC(=O)[C@@H]1[C@@H](C(=O)OC)C12CC(C)(c1ccccn1)N=N2. The van der Waals surface area contributed by atoms with Crippen LogP contribution in [0.2, 0.25) is 0 Å². The third kappa shape index (κ3) is 1.92. The van der Waals surface area contributed by atoms with Gasteiger partial charge in [-0.1, -0.05) is 6.07 Å². The average molecular weight is 303 g/mol. The molecule has 1 aromatic heterocycles. The highest BCUT2D eigenvalue weighted by Crippen LogP contribution is 2.63. The molecule has 1 saturated carbocycles. The van der Waals surface area contributed by atoms with Crippen LogP contribution in [-0.4, -0.2) is 36.7 Å². The first-order valence-electron chi connectivity index (χ1n) is 7.00. The predicted octanol–water partition coefficient (Wildman–Crippen LogP) is 1.48. The lowest BCUT2D eigenvalue weighted by Gasteiger charge is -2.19. The fraction of sp³-hybridized carbons (Fsp3) is 0.533. The number of hydrogen-bond acceptors (Lipinski definition) is 7. The molecule has 3 atom stereocenters. The zero-order chi connectivity index (χ0) is 16.0. The molecular formula is C15H17N3O4. The molecule has 0 saturated heterocycles. The maximum absolute atomic E-state index is 12.0. The molecule has 0 N–H and O–H groups in total. The molecule has 0 radical (unpaired) electrons. The topological polar surface area (TPSA) is 90.2 Å². The predicted molar refractivity (Wildman–Crippen MR) is 74.8 cm³/mol. The molecule has 1 spiro atoms. The molecule has 7 heteroatoms. The van der Waals surface area contributed by atoms with Gasteiger partial charge in [-0.15, -0.1) is 0 Å². The van der Waals surface area contributed by atoms with E-state index in [-0.39, 0.29) is 0 Å².